The van der Waals surface area contributed by atoms with Gasteiger partial charge in [-0.2, -0.15) is 0 Å². The number of imidazole rings is 1. The number of hydrogen-bond donors (Lipinski definition) is 3. The highest BCUT2D eigenvalue weighted by Crippen LogP contribution is 2.38. The Labute approximate surface area is 177 Å². The van der Waals surface area contributed by atoms with Crippen molar-refractivity contribution in [3.8, 4) is 45.6 Å². The smallest absolute Gasteiger partial charge is 0.227 e. The molecule has 7 nitrogen and oxygen atoms in total. The molecule has 0 radical (unpaired) electrons. The van der Waals surface area contributed by atoms with Gasteiger partial charge in [0, 0.05) is 34.3 Å². The number of rotatable bonds is 4. The Kier molecular flexibility index (Phi) is 4.36. The van der Waals surface area contributed by atoms with E-state index >= 15 is 0 Å². The summed E-state index contributed by atoms with van der Waals surface area (Å²) in [6.45, 7) is 1.66. The van der Waals surface area contributed by atoms with Crippen molar-refractivity contribution in [1.82, 2.24) is 15.0 Å². The quantitative estimate of drug-likeness (QED) is 0.390. The Balaban J connectivity index is 1.79. The lowest BCUT2D eigenvalue weighted by atomic mass is 10.1. The van der Waals surface area contributed by atoms with Gasteiger partial charge in [-0.15, -0.1) is 0 Å². The van der Waals surface area contributed by atoms with Gasteiger partial charge in [0.15, 0.2) is 5.76 Å². The third kappa shape index (κ3) is 3.16. The first-order chi connectivity index (χ1) is 15.0. The zero-order valence-corrected chi connectivity index (χ0v) is 16.9. The van der Waals surface area contributed by atoms with E-state index in [4.69, 9.17) is 14.1 Å². The predicted octanol–water partition coefficient (Wildman–Crippen LogP) is 4.87. The molecule has 5 rings (SSSR count). The average molecular weight is 413 g/mol. The highest BCUT2D eigenvalue weighted by molar-refractivity contribution is 5.95. The summed E-state index contributed by atoms with van der Waals surface area (Å²) < 4.78 is 11.1. The summed E-state index contributed by atoms with van der Waals surface area (Å²) >= 11 is 0. The molecule has 0 aliphatic rings. The van der Waals surface area contributed by atoms with Crippen LogP contribution in [-0.4, -0.2) is 27.2 Å². The summed E-state index contributed by atoms with van der Waals surface area (Å²) in [5.74, 6) is 1.20. The summed E-state index contributed by atoms with van der Waals surface area (Å²) in [6.07, 6.45) is 1.87. The highest BCUT2D eigenvalue weighted by Gasteiger charge is 2.23. The van der Waals surface area contributed by atoms with E-state index in [1.54, 1.807) is 14.0 Å². The molecule has 2 aromatic carbocycles. The SMILES string of the molecule is COc1cccc(-c2nc(-c3c[nH]c4ccccc34)[nH]c2-c2oc(C)cc(=O)c2O)c1. The summed E-state index contributed by atoms with van der Waals surface area (Å²) in [6, 6.07) is 16.5. The highest BCUT2D eigenvalue weighted by atomic mass is 16.5. The molecule has 3 N–H and O–H groups in total. The van der Waals surface area contributed by atoms with Gasteiger partial charge in [0.2, 0.25) is 11.2 Å². The second-order valence-electron chi connectivity index (χ2n) is 7.19. The minimum Gasteiger partial charge on any atom is -0.501 e. The van der Waals surface area contributed by atoms with Crippen molar-refractivity contribution in [2.45, 2.75) is 6.92 Å². The summed E-state index contributed by atoms with van der Waals surface area (Å²) in [5, 5.41) is 11.5. The minimum absolute atomic E-state index is 0.0430. The Hall–Kier alpha value is -4.26. The lowest BCUT2D eigenvalue weighted by molar-refractivity contribution is 0.415. The van der Waals surface area contributed by atoms with Crippen LogP contribution in [0, 0.1) is 6.92 Å². The number of para-hydroxylation sites is 1. The van der Waals surface area contributed by atoms with Gasteiger partial charge in [-0.05, 0) is 25.1 Å². The van der Waals surface area contributed by atoms with Gasteiger partial charge in [-0.3, -0.25) is 4.79 Å². The number of aromatic amines is 2. The normalized spacial score (nSPS) is 11.2. The fourth-order valence-electron chi connectivity index (χ4n) is 3.68. The lowest BCUT2D eigenvalue weighted by Gasteiger charge is -2.06. The Morgan fingerprint density at radius 2 is 1.94 bits per heavy atom. The van der Waals surface area contributed by atoms with E-state index in [0.29, 0.717) is 28.7 Å². The number of aromatic hydroxyl groups is 1. The van der Waals surface area contributed by atoms with Crippen LogP contribution in [0.2, 0.25) is 0 Å². The third-order valence-electron chi connectivity index (χ3n) is 5.16. The zero-order valence-electron chi connectivity index (χ0n) is 16.9. The second-order valence-corrected chi connectivity index (χ2v) is 7.19. The van der Waals surface area contributed by atoms with Crippen LogP contribution in [0.25, 0.3) is 45.0 Å². The fraction of sp³-hybridized carbons (Fsp3) is 0.0833. The summed E-state index contributed by atoms with van der Waals surface area (Å²) in [5.41, 5.74) is 3.01. The van der Waals surface area contributed by atoms with Crippen LogP contribution in [0.3, 0.4) is 0 Å². The molecular weight excluding hydrogens is 394 g/mol. The Morgan fingerprint density at radius 3 is 2.77 bits per heavy atom. The van der Waals surface area contributed by atoms with Crippen LogP contribution in [0.15, 0.2) is 70.0 Å². The van der Waals surface area contributed by atoms with E-state index in [2.05, 4.69) is 9.97 Å². The predicted molar refractivity (Wildman–Crippen MR) is 118 cm³/mol. The van der Waals surface area contributed by atoms with Crippen LogP contribution in [0.1, 0.15) is 5.76 Å². The van der Waals surface area contributed by atoms with Gasteiger partial charge < -0.3 is 24.2 Å². The molecule has 0 aliphatic heterocycles. The van der Waals surface area contributed by atoms with Gasteiger partial charge >= 0.3 is 0 Å². The number of aromatic nitrogens is 3. The molecule has 3 aromatic heterocycles. The van der Waals surface area contributed by atoms with E-state index < -0.39 is 11.2 Å². The Morgan fingerprint density at radius 1 is 1.10 bits per heavy atom. The van der Waals surface area contributed by atoms with Crippen LogP contribution < -0.4 is 10.2 Å². The first-order valence-corrected chi connectivity index (χ1v) is 9.70. The number of hydrogen-bond acceptors (Lipinski definition) is 5. The van der Waals surface area contributed by atoms with Crippen molar-refractivity contribution in [2.75, 3.05) is 7.11 Å². The fourth-order valence-corrected chi connectivity index (χ4v) is 3.68. The molecule has 0 aliphatic carbocycles. The van der Waals surface area contributed by atoms with Crippen molar-refractivity contribution in [3.63, 3.8) is 0 Å². The van der Waals surface area contributed by atoms with Gasteiger partial charge in [-0.1, -0.05) is 30.3 Å². The molecule has 3 heterocycles. The number of H-pyrrole nitrogens is 2. The topological polar surface area (TPSA) is 104 Å². The molecule has 0 atom stereocenters. The minimum atomic E-state index is -0.515. The lowest BCUT2D eigenvalue weighted by Crippen LogP contribution is -2.01. The van der Waals surface area contributed by atoms with E-state index in [1.165, 1.54) is 6.07 Å². The van der Waals surface area contributed by atoms with E-state index in [9.17, 15) is 9.90 Å². The number of fused-ring (bicyclic) bond motifs is 1. The number of aryl methyl sites for hydroxylation is 1. The zero-order chi connectivity index (χ0) is 21.5. The van der Waals surface area contributed by atoms with Gasteiger partial charge in [0.1, 0.15) is 28.7 Å². The molecule has 31 heavy (non-hydrogen) atoms. The summed E-state index contributed by atoms with van der Waals surface area (Å²) in [7, 11) is 1.59. The van der Waals surface area contributed by atoms with Crippen molar-refractivity contribution in [1.29, 1.82) is 0 Å². The number of nitrogens with zero attached hydrogens (tertiary/aromatic N) is 1. The monoisotopic (exact) mass is 413 g/mol. The molecule has 0 saturated carbocycles. The number of ether oxygens (including phenoxy) is 1. The van der Waals surface area contributed by atoms with Crippen LogP contribution in [-0.2, 0) is 0 Å². The Bertz CT molecular complexity index is 1480. The maximum atomic E-state index is 12.2. The first-order valence-electron chi connectivity index (χ1n) is 9.70. The summed E-state index contributed by atoms with van der Waals surface area (Å²) in [4.78, 5) is 23.5. The van der Waals surface area contributed by atoms with Crippen molar-refractivity contribution >= 4 is 10.9 Å². The molecular formula is C24H19N3O4. The molecule has 0 amide bonds. The number of methoxy groups -OCH3 is 1. The molecule has 0 spiro atoms. The molecule has 0 unspecified atom stereocenters. The largest absolute Gasteiger partial charge is 0.501 e. The third-order valence-corrected chi connectivity index (χ3v) is 5.16. The van der Waals surface area contributed by atoms with Gasteiger partial charge in [0.05, 0.1) is 7.11 Å². The van der Waals surface area contributed by atoms with Crippen LogP contribution in [0.5, 0.6) is 11.5 Å². The van der Waals surface area contributed by atoms with Gasteiger partial charge in [0.25, 0.3) is 0 Å². The molecule has 0 saturated heterocycles. The van der Waals surface area contributed by atoms with E-state index in [0.717, 1.165) is 22.0 Å². The number of nitrogens with one attached hydrogen (secondary N) is 2. The maximum absolute atomic E-state index is 12.2. The maximum Gasteiger partial charge on any atom is 0.227 e. The van der Waals surface area contributed by atoms with Crippen molar-refractivity contribution in [3.05, 3.63) is 76.8 Å². The molecule has 0 bridgehead atoms. The van der Waals surface area contributed by atoms with E-state index in [1.807, 2.05) is 54.7 Å². The second kappa shape index (κ2) is 7.21. The van der Waals surface area contributed by atoms with Crippen LogP contribution >= 0.6 is 0 Å². The first kappa shape index (κ1) is 18.7. The number of benzene rings is 2. The molecule has 0 fully saturated rings. The van der Waals surface area contributed by atoms with E-state index in [-0.39, 0.29) is 5.76 Å². The molecule has 5 aromatic rings. The average Bonchev–Trinajstić information content (AvgIpc) is 3.40. The molecule has 7 heteroatoms. The molecule has 154 valence electrons. The van der Waals surface area contributed by atoms with Crippen molar-refractivity contribution in [2.24, 2.45) is 0 Å². The van der Waals surface area contributed by atoms with Crippen molar-refractivity contribution < 1.29 is 14.3 Å². The standard InChI is InChI=1S/C24H19N3O4/c1-13-10-19(28)22(29)23(31-13)21-20(14-6-5-7-15(11-14)30-2)26-24(27-21)17-12-25-18-9-4-3-8-16(17)18/h3-12,25,29H,1-2H3,(H,26,27). The van der Waals surface area contributed by atoms with Gasteiger partial charge in [-0.25, -0.2) is 4.98 Å². The van der Waals surface area contributed by atoms with Crippen LogP contribution in [0.4, 0.5) is 0 Å².